The maximum atomic E-state index is 12.4. The van der Waals surface area contributed by atoms with Crippen LogP contribution in [0.25, 0.3) is 0 Å². The predicted molar refractivity (Wildman–Crippen MR) is 99.1 cm³/mol. The number of nitrogens with zero attached hydrogens (tertiary/aromatic N) is 1. The van der Waals surface area contributed by atoms with Crippen LogP contribution < -0.4 is 9.47 Å². The molecule has 0 radical (unpaired) electrons. The van der Waals surface area contributed by atoms with Crippen molar-refractivity contribution in [3.05, 3.63) is 49.7 Å². The van der Waals surface area contributed by atoms with Crippen molar-refractivity contribution in [2.45, 2.75) is 20.3 Å². The molecule has 0 aliphatic rings. The molecule has 0 amide bonds. The zero-order valence-corrected chi connectivity index (χ0v) is 16.0. The van der Waals surface area contributed by atoms with Crippen molar-refractivity contribution in [3.8, 4) is 11.5 Å². The Bertz CT molecular complexity index is 859. The van der Waals surface area contributed by atoms with E-state index in [2.05, 4.69) is 0 Å². The monoisotopic (exact) mass is 393 g/mol. The number of ether oxygens (including phenoxy) is 3. The molecule has 144 valence electrons. The second-order valence-electron chi connectivity index (χ2n) is 5.33. The summed E-state index contributed by atoms with van der Waals surface area (Å²) < 4.78 is 15.4. The van der Waals surface area contributed by atoms with Crippen molar-refractivity contribution in [1.29, 1.82) is 0 Å². The van der Waals surface area contributed by atoms with E-state index in [9.17, 15) is 19.7 Å². The average molecular weight is 393 g/mol. The number of Topliss-reactive ketones (excluding diaryl/α,β-unsaturated/α-hetero) is 1. The number of ketones is 1. The Balaban J connectivity index is 2.22. The molecule has 0 N–H and O–H groups in total. The number of carbonyl (C=O) groups is 2. The van der Waals surface area contributed by atoms with Gasteiger partial charge in [0, 0.05) is 10.9 Å². The van der Waals surface area contributed by atoms with E-state index >= 15 is 0 Å². The summed E-state index contributed by atoms with van der Waals surface area (Å²) in [6, 6.07) is 5.79. The summed E-state index contributed by atoms with van der Waals surface area (Å²) in [4.78, 5) is 36.6. The highest BCUT2D eigenvalue weighted by Gasteiger charge is 2.26. The smallest absolute Gasteiger partial charge is 0.345 e. The number of hydrogen-bond donors (Lipinski definition) is 0. The second kappa shape index (κ2) is 9.13. The predicted octanol–water partition coefficient (Wildman–Crippen LogP) is 3.67. The Morgan fingerprint density at radius 3 is 2.48 bits per heavy atom. The topological polar surface area (TPSA) is 105 Å². The molecule has 0 saturated heterocycles. The van der Waals surface area contributed by atoms with Gasteiger partial charge in [0.2, 0.25) is 5.78 Å². The van der Waals surface area contributed by atoms with E-state index in [1.807, 2.05) is 13.0 Å². The summed E-state index contributed by atoms with van der Waals surface area (Å²) in [5.41, 5.74) is -0.797. The van der Waals surface area contributed by atoms with Gasteiger partial charge in [0.25, 0.3) is 5.69 Å². The zero-order valence-electron chi connectivity index (χ0n) is 15.1. The first kappa shape index (κ1) is 20.4. The van der Waals surface area contributed by atoms with Gasteiger partial charge in [-0.1, -0.05) is 6.92 Å². The van der Waals surface area contributed by atoms with Gasteiger partial charge >= 0.3 is 5.97 Å². The van der Waals surface area contributed by atoms with Gasteiger partial charge in [-0.15, -0.1) is 11.3 Å². The number of carbonyl (C=O) groups excluding carboxylic acids is 2. The molecule has 2 aromatic rings. The summed E-state index contributed by atoms with van der Waals surface area (Å²) in [5.74, 6) is -1.04. The zero-order chi connectivity index (χ0) is 20.0. The fourth-order valence-electron chi connectivity index (χ4n) is 2.29. The van der Waals surface area contributed by atoms with E-state index in [1.54, 1.807) is 13.0 Å². The first-order valence-electron chi connectivity index (χ1n) is 8.19. The highest BCUT2D eigenvalue weighted by atomic mass is 32.1. The number of nitro groups is 1. The van der Waals surface area contributed by atoms with Crippen molar-refractivity contribution in [2.75, 3.05) is 20.3 Å². The van der Waals surface area contributed by atoms with Crippen LogP contribution in [0.1, 0.15) is 38.8 Å². The van der Waals surface area contributed by atoms with Crippen molar-refractivity contribution in [3.63, 3.8) is 0 Å². The lowest BCUT2D eigenvalue weighted by molar-refractivity contribution is -0.385. The number of hydrogen-bond acceptors (Lipinski definition) is 8. The number of benzene rings is 1. The largest absolute Gasteiger partial charge is 0.493 e. The van der Waals surface area contributed by atoms with Crippen LogP contribution in [-0.4, -0.2) is 37.0 Å². The van der Waals surface area contributed by atoms with E-state index in [-0.39, 0.29) is 29.5 Å². The molecular weight excluding hydrogens is 374 g/mol. The number of thiophene rings is 1. The Kier molecular flexibility index (Phi) is 6.89. The summed E-state index contributed by atoms with van der Waals surface area (Å²) in [6.45, 7) is 3.47. The van der Waals surface area contributed by atoms with Gasteiger partial charge < -0.3 is 14.2 Å². The van der Waals surface area contributed by atoms with E-state index in [4.69, 9.17) is 14.2 Å². The molecule has 1 heterocycles. The molecule has 1 aromatic carbocycles. The number of methoxy groups -OCH3 is 1. The molecule has 9 heteroatoms. The number of esters is 1. The van der Waals surface area contributed by atoms with Crippen molar-refractivity contribution < 1.29 is 28.7 Å². The van der Waals surface area contributed by atoms with Gasteiger partial charge in [0.1, 0.15) is 5.56 Å². The summed E-state index contributed by atoms with van der Waals surface area (Å²) in [6.07, 6.45) is 0.802. The van der Waals surface area contributed by atoms with Crippen LogP contribution in [0.3, 0.4) is 0 Å². The molecule has 0 fully saturated rings. The molecule has 0 unspecified atom stereocenters. The van der Waals surface area contributed by atoms with Gasteiger partial charge in [-0.2, -0.15) is 0 Å². The fraction of sp³-hybridized carbons (Fsp3) is 0.333. The molecular formula is C18H19NO7S. The van der Waals surface area contributed by atoms with Gasteiger partial charge in [0.15, 0.2) is 18.1 Å². The Hall–Kier alpha value is -2.94. The average Bonchev–Trinajstić information content (AvgIpc) is 3.15. The first-order valence-corrected chi connectivity index (χ1v) is 9.01. The minimum Gasteiger partial charge on any atom is -0.493 e. The van der Waals surface area contributed by atoms with Crippen LogP contribution in [0, 0.1) is 10.1 Å². The van der Waals surface area contributed by atoms with Crippen LogP contribution in [0.5, 0.6) is 11.5 Å². The van der Waals surface area contributed by atoms with Crippen LogP contribution >= 0.6 is 11.3 Å². The standard InChI is InChI=1S/C18H19NO7S/c1-4-11-6-7-17(27-11)14(20)10-26-18(21)12-8-16(25-5-2)15(24-3)9-13(12)19(22)23/h6-9H,4-5,10H2,1-3H3. The highest BCUT2D eigenvalue weighted by Crippen LogP contribution is 2.35. The van der Waals surface area contributed by atoms with E-state index < -0.39 is 23.2 Å². The van der Waals surface area contributed by atoms with Gasteiger partial charge in [-0.25, -0.2) is 4.79 Å². The van der Waals surface area contributed by atoms with Gasteiger partial charge in [-0.05, 0) is 25.5 Å². The molecule has 0 aliphatic carbocycles. The van der Waals surface area contributed by atoms with Gasteiger partial charge in [0.05, 0.1) is 29.6 Å². The van der Waals surface area contributed by atoms with Crippen molar-refractivity contribution >= 4 is 28.8 Å². The third-order valence-corrected chi connectivity index (χ3v) is 4.89. The quantitative estimate of drug-likeness (QED) is 0.277. The minimum atomic E-state index is -0.981. The molecule has 0 spiro atoms. The lowest BCUT2D eigenvalue weighted by Gasteiger charge is -2.11. The normalized spacial score (nSPS) is 10.3. The Labute approximate surface area is 159 Å². The Morgan fingerprint density at radius 2 is 1.93 bits per heavy atom. The molecule has 0 atom stereocenters. The number of aryl methyl sites for hydroxylation is 1. The molecule has 1 aromatic heterocycles. The molecule has 0 aliphatic heterocycles. The highest BCUT2D eigenvalue weighted by molar-refractivity contribution is 7.14. The van der Waals surface area contributed by atoms with E-state index in [0.717, 1.165) is 17.4 Å². The molecule has 8 nitrogen and oxygen atoms in total. The molecule has 0 saturated carbocycles. The number of nitro benzene ring substituents is 1. The van der Waals surface area contributed by atoms with Crippen LogP contribution in [0.2, 0.25) is 0 Å². The summed E-state index contributed by atoms with van der Waals surface area (Å²) >= 11 is 1.32. The lowest BCUT2D eigenvalue weighted by Crippen LogP contribution is -2.15. The SMILES string of the molecule is CCOc1cc(C(=O)OCC(=O)c2ccc(CC)s2)c([N+](=O)[O-])cc1OC. The van der Waals surface area contributed by atoms with Crippen molar-refractivity contribution in [1.82, 2.24) is 0 Å². The van der Waals surface area contributed by atoms with Crippen LogP contribution in [0.4, 0.5) is 5.69 Å². The summed E-state index contributed by atoms with van der Waals surface area (Å²) in [5, 5.41) is 11.3. The maximum absolute atomic E-state index is 12.4. The molecule has 27 heavy (non-hydrogen) atoms. The molecule has 0 bridgehead atoms. The van der Waals surface area contributed by atoms with Gasteiger partial charge in [-0.3, -0.25) is 14.9 Å². The summed E-state index contributed by atoms with van der Waals surface area (Å²) in [7, 11) is 1.34. The van der Waals surface area contributed by atoms with Crippen LogP contribution in [-0.2, 0) is 11.2 Å². The first-order chi connectivity index (χ1) is 12.9. The molecule has 2 rings (SSSR count). The third kappa shape index (κ3) is 4.82. The minimum absolute atomic E-state index is 0.127. The fourth-order valence-corrected chi connectivity index (χ4v) is 3.16. The third-order valence-electron chi connectivity index (χ3n) is 3.62. The maximum Gasteiger partial charge on any atom is 0.345 e. The van der Waals surface area contributed by atoms with Crippen molar-refractivity contribution in [2.24, 2.45) is 0 Å². The Morgan fingerprint density at radius 1 is 1.19 bits per heavy atom. The van der Waals surface area contributed by atoms with E-state index in [1.165, 1.54) is 24.5 Å². The van der Waals surface area contributed by atoms with Crippen LogP contribution in [0.15, 0.2) is 24.3 Å². The number of rotatable bonds is 9. The lowest BCUT2D eigenvalue weighted by atomic mass is 10.1. The second-order valence-corrected chi connectivity index (χ2v) is 6.50. The van der Waals surface area contributed by atoms with E-state index in [0.29, 0.717) is 4.88 Å².